The summed E-state index contributed by atoms with van der Waals surface area (Å²) in [7, 11) is 0. The number of hydrogen-bond donors (Lipinski definition) is 0. The molecule has 0 N–H and O–H groups in total. The summed E-state index contributed by atoms with van der Waals surface area (Å²) in [6.07, 6.45) is 1.02. The molecule has 1 aliphatic rings. The van der Waals surface area contributed by atoms with Crippen LogP contribution in [0.15, 0.2) is 0 Å². The van der Waals surface area contributed by atoms with Gasteiger partial charge in [-0.15, -0.1) is 0 Å². The number of amides is 1. The lowest BCUT2D eigenvalue weighted by molar-refractivity contribution is -0.132. The van der Waals surface area contributed by atoms with Crippen molar-refractivity contribution in [1.82, 2.24) is 4.90 Å². The third-order valence-corrected chi connectivity index (χ3v) is 2.40. The lowest BCUT2D eigenvalue weighted by Crippen LogP contribution is -2.37. The minimum Gasteiger partial charge on any atom is -0.337 e. The van der Waals surface area contributed by atoms with E-state index in [1.165, 1.54) is 0 Å². The molecule has 2 unspecified atom stereocenters. The molecule has 1 fully saturated rings. The molecule has 1 aliphatic heterocycles. The zero-order chi connectivity index (χ0) is 8.59. The van der Waals surface area contributed by atoms with Gasteiger partial charge >= 0.3 is 0 Å². The fraction of sp³-hybridized carbons (Fsp3) is 0.889. The Balaban J connectivity index is 2.72. The van der Waals surface area contributed by atoms with Crippen LogP contribution < -0.4 is 0 Å². The Kier molecular flexibility index (Phi) is 2.21. The molecule has 0 aromatic heterocycles. The molecule has 1 amide bonds. The zero-order valence-corrected chi connectivity index (χ0v) is 7.79. The number of carbonyl (C=O) groups excluding carboxylic acids is 1. The Morgan fingerprint density at radius 3 is 2.18 bits per heavy atom. The van der Waals surface area contributed by atoms with Crippen LogP contribution >= 0.6 is 0 Å². The van der Waals surface area contributed by atoms with Crippen molar-refractivity contribution in [1.29, 1.82) is 0 Å². The van der Waals surface area contributed by atoms with Gasteiger partial charge in [-0.2, -0.15) is 0 Å². The third-order valence-electron chi connectivity index (χ3n) is 2.40. The third kappa shape index (κ3) is 1.39. The highest BCUT2D eigenvalue weighted by molar-refractivity contribution is 5.81. The molecule has 64 valence electrons. The van der Waals surface area contributed by atoms with E-state index in [0.717, 1.165) is 6.42 Å². The van der Waals surface area contributed by atoms with Crippen molar-refractivity contribution < 1.29 is 4.79 Å². The molecule has 2 nitrogen and oxygen atoms in total. The first-order valence-corrected chi connectivity index (χ1v) is 4.36. The van der Waals surface area contributed by atoms with E-state index in [0.29, 0.717) is 18.0 Å². The van der Waals surface area contributed by atoms with Gasteiger partial charge in [0.1, 0.15) is 0 Å². The largest absolute Gasteiger partial charge is 0.337 e. The number of hydrogen-bond acceptors (Lipinski definition) is 1. The van der Waals surface area contributed by atoms with E-state index in [4.69, 9.17) is 0 Å². The van der Waals surface area contributed by atoms with Crippen molar-refractivity contribution in [2.45, 2.75) is 46.2 Å². The Morgan fingerprint density at radius 1 is 1.45 bits per heavy atom. The summed E-state index contributed by atoms with van der Waals surface area (Å²) < 4.78 is 0. The predicted octanol–water partition coefficient (Wildman–Crippen LogP) is 1.65. The van der Waals surface area contributed by atoms with Crippen LogP contribution in [0.25, 0.3) is 0 Å². The van der Waals surface area contributed by atoms with Crippen molar-refractivity contribution in [2.75, 3.05) is 0 Å². The second kappa shape index (κ2) is 2.84. The van der Waals surface area contributed by atoms with Gasteiger partial charge in [0.25, 0.3) is 0 Å². The van der Waals surface area contributed by atoms with Gasteiger partial charge in [-0.05, 0) is 27.2 Å². The molecule has 0 aliphatic carbocycles. The van der Waals surface area contributed by atoms with E-state index >= 15 is 0 Å². The molecule has 1 saturated heterocycles. The highest BCUT2D eigenvalue weighted by Crippen LogP contribution is 2.25. The summed E-state index contributed by atoms with van der Waals surface area (Å²) in [6, 6.07) is 0.806. The van der Waals surface area contributed by atoms with Crippen molar-refractivity contribution in [3.63, 3.8) is 0 Å². The summed E-state index contributed by atoms with van der Waals surface area (Å²) in [5, 5.41) is 0. The van der Waals surface area contributed by atoms with Crippen molar-refractivity contribution in [2.24, 2.45) is 5.92 Å². The molecule has 0 aromatic carbocycles. The average molecular weight is 155 g/mol. The fourth-order valence-corrected chi connectivity index (χ4v) is 1.96. The quantitative estimate of drug-likeness (QED) is 0.564. The maximum atomic E-state index is 11.5. The molecule has 0 spiro atoms. The topological polar surface area (TPSA) is 20.3 Å². The second-order valence-corrected chi connectivity index (χ2v) is 3.83. The van der Waals surface area contributed by atoms with Crippen LogP contribution in [0, 0.1) is 5.92 Å². The van der Waals surface area contributed by atoms with Gasteiger partial charge in [0.2, 0.25) is 5.91 Å². The summed E-state index contributed by atoms with van der Waals surface area (Å²) in [5.74, 6) is 0.569. The van der Waals surface area contributed by atoms with Crippen LogP contribution in [0.5, 0.6) is 0 Å². The summed E-state index contributed by atoms with van der Waals surface area (Å²) >= 11 is 0. The lowest BCUT2D eigenvalue weighted by Gasteiger charge is -2.25. The molecule has 2 heteroatoms. The van der Waals surface area contributed by atoms with Crippen molar-refractivity contribution >= 4 is 5.91 Å². The standard InChI is InChI=1S/C9H17NO/c1-6(2)10-8(4)5-7(3)9(10)11/h6-8H,5H2,1-4H3. The Labute approximate surface area is 68.6 Å². The van der Waals surface area contributed by atoms with Crippen LogP contribution in [0.1, 0.15) is 34.1 Å². The molecular weight excluding hydrogens is 138 g/mol. The van der Waals surface area contributed by atoms with Gasteiger partial charge < -0.3 is 4.90 Å². The number of nitrogens with zero attached hydrogens (tertiary/aromatic N) is 1. The number of likely N-dealkylation sites (tertiary alicyclic amines) is 1. The molecule has 0 bridgehead atoms. The van der Waals surface area contributed by atoms with Gasteiger partial charge in [-0.1, -0.05) is 6.92 Å². The van der Waals surface area contributed by atoms with Gasteiger partial charge in [-0.25, -0.2) is 0 Å². The Bertz CT molecular complexity index is 165. The van der Waals surface area contributed by atoms with E-state index in [-0.39, 0.29) is 5.92 Å². The van der Waals surface area contributed by atoms with Crippen molar-refractivity contribution in [3.05, 3.63) is 0 Å². The molecular formula is C9H17NO. The SMILES string of the molecule is CC1CC(C)N(C(C)C)C1=O. The summed E-state index contributed by atoms with van der Waals surface area (Å²) in [5.41, 5.74) is 0. The smallest absolute Gasteiger partial charge is 0.225 e. The predicted molar refractivity (Wildman–Crippen MR) is 45.2 cm³/mol. The van der Waals surface area contributed by atoms with E-state index in [2.05, 4.69) is 20.8 Å². The van der Waals surface area contributed by atoms with Gasteiger partial charge in [0, 0.05) is 18.0 Å². The Morgan fingerprint density at radius 2 is 2.00 bits per heavy atom. The average Bonchev–Trinajstić information content (AvgIpc) is 2.07. The zero-order valence-electron chi connectivity index (χ0n) is 7.79. The first-order chi connectivity index (χ1) is 5.04. The van der Waals surface area contributed by atoms with Crippen LogP contribution in [0.4, 0.5) is 0 Å². The van der Waals surface area contributed by atoms with Crippen LogP contribution in [0.3, 0.4) is 0 Å². The normalized spacial score (nSPS) is 32.1. The van der Waals surface area contributed by atoms with Crippen LogP contribution in [0.2, 0.25) is 0 Å². The number of rotatable bonds is 1. The molecule has 1 heterocycles. The summed E-state index contributed by atoms with van der Waals surface area (Å²) in [4.78, 5) is 13.5. The van der Waals surface area contributed by atoms with E-state index in [1.54, 1.807) is 0 Å². The van der Waals surface area contributed by atoms with E-state index in [9.17, 15) is 4.79 Å². The minimum absolute atomic E-state index is 0.243. The molecule has 11 heavy (non-hydrogen) atoms. The maximum Gasteiger partial charge on any atom is 0.225 e. The van der Waals surface area contributed by atoms with Crippen LogP contribution in [-0.4, -0.2) is 22.9 Å². The van der Waals surface area contributed by atoms with Crippen molar-refractivity contribution in [3.8, 4) is 0 Å². The first-order valence-electron chi connectivity index (χ1n) is 4.36. The highest BCUT2D eigenvalue weighted by atomic mass is 16.2. The van der Waals surface area contributed by atoms with E-state index in [1.807, 2.05) is 11.8 Å². The molecule has 0 saturated carbocycles. The molecule has 1 rings (SSSR count). The van der Waals surface area contributed by atoms with Gasteiger partial charge in [-0.3, -0.25) is 4.79 Å². The van der Waals surface area contributed by atoms with Gasteiger partial charge in [0.05, 0.1) is 0 Å². The molecule has 0 radical (unpaired) electrons. The molecule has 0 aromatic rings. The molecule has 2 atom stereocenters. The second-order valence-electron chi connectivity index (χ2n) is 3.83. The lowest BCUT2D eigenvalue weighted by atomic mass is 10.1. The van der Waals surface area contributed by atoms with E-state index < -0.39 is 0 Å². The number of carbonyl (C=O) groups is 1. The fourth-order valence-electron chi connectivity index (χ4n) is 1.96. The highest BCUT2D eigenvalue weighted by Gasteiger charge is 2.35. The monoisotopic (exact) mass is 155 g/mol. The Hall–Kier alpha value is -0.530. The first kappa shape index (κ1) is 8.57. The van der Waals surface area contributed by atoms with Crippen LogP contribution in [-0.2, 0) is 4.79 Å². The minimum atomic E-state index is 0.243. The maximum absolute atomic E-state index is 11.5. The summed E-state index contributed by atoms with van der Waals surface area (Å²) in [6.45, 7) is 8.29. The van der Waals surface area contributed by atoms with Gasteiger partial charge in [0.15, 0.2) is 0 Å².